The Morgan fingerprint density at radius 1 is 1.33 bits per heavy atom. The molecule has 0 bridgehead atoms. The molecule has 1 rings (SSSR count). The molecule has 4 heteroatoms. The molecule has 0 unspecified atom stereocenters. The van der Waals surface area contributed by atoms with Gasteiger partial charge in [-0.2, -0.15) is 0 Å². The molecule has 0 saturated heterocycles. The van der Waals surface area contributed by atoms with Gasteiger partial charge in [0.15, 0.2) is 0 Å². The van der Waals surface area contributed by atoms with Crippen LogP contribution >= 0.6 is 0 Å². The number of rotatable bonds is 11. The van der Waals surface area contributed by atoms with Gasteiger partial charge in [0.05, 0.1) is 12.2 Å². The minimum atomic E-state index is -0.763. The first-order valence-corrected chi connectivity index (χ1v) is 9.87. The lowest BCUT2D eigenvalue weighted by Gasteiger charge is -2.28. The highest BCUT2D eigenvalue weighted by Gasteiger charge is 2.28. The number of carboxylic acids is 1. The monoisotopic (exact) mass is 376 g/mol. The molecule has 0 spiro atoms. The van der Waals surface area contributed by atoms with Crippen molar-refractivity contribution >= 4 is 5.97 Å². The molecular weight excluding hydrogens is 340 g/mol. The molecule has 0 heterocycles. The number of unbranched alkanes of at least 4 members (excludes halogenated alkanes) is 1. The fourth-order valence-electron chi connectivity index (χ4n) is 3.05. The zero-order chi connectivity index (χ0) is 20.4. The van der Waals surface area contributed by atoms with E-state index in [0.717, 1.165) is 24.8 Å². The Hall–Kier alpha value is -1.65. The van der Waals surface area contributed by atoms with Gasteiger partial charge in [-0.15, -0.1) is 0 Å². The van der Waals surface area contributed by atoms with E-state index >= 15 is 0 Å². The number of carbonyl (C=O) groups is 1. The summed E-state index contributed by atoms with van der Waals surface area (Å²) >= 11 is 0. The Labute approximate surface area is 164 Å². The summed E-state index contributed by atoms with van der Waals surface area (Å²) in [6.45, 7) is 8.20. The summed E-state index contributed by atoms with van der Waals surface area (Å²) in [6, 6.07) is 0. The Morgan fingerprint density at radius 2 is 2.04 bits per heavy atom. The van der Waals surface area contributed by atoms with E-state index in [-0.39, 0.29) is 17.8 Å². The van der Waals surface area contributed by atoms with Gasteiger partial charge in [0.2, 0.25) is 0 Å². The van der Waals surface area contributed by atoms with E-state index in [1.54, 1.807) is 0 Å². The summed E-state index contributed by atoms with van der Waals surface area (Å²) < 4.78 is 0. The molecule has 152 valence electrons. The van der Waals surface area contributed by atoms with Gasteiger partial charge in [-0.25, -0.2) is 0 Å². The van der Waals surface area contributed by atoms with E-state index in [1.165, 1.54) is 5.57 Å². The van der Waals surface area contributed by atoms with Crippen molar-refractivity contribution < 1.29 is 20.1 Å². The molecule has 0 aliphatic heterocycles. The van der Waals surface area contributed by atoms with Crippen molar-refractivity contribution in [3.63, 3.8) is 0 Å². The van der Waals surface area contributed by atoms with Crippen molar-refractivity contribution in [3.05, 3.63) is 47.6 Å². The minimum Gasteiger partial charge on any atom is -0.481 e. The maximum Gasteiger partial charge on any atom is 0.303 e. The van der Waals surface area contributed by atoms with Crippen LogP contribution in [-0.4, -0.2) is 33.5 Å². The highest BCUT2D eigenvalue weighted by Crippen LogP contribution is 2.32. The number of allylic oxidation sites excluding steroid dienone is 4. The molecule has 4 nitrogen and oxygen atoms in total. The van der Waals surface area contributed by atoms with Crippen LogP contribution in [0.2, 0.25) is 0 Å². The van der Waals surface area contributed by atoms with Crippen LogP contribution in [0.5, 0.6) is 0 Å². The molecule has 1 aliphatic rings. The van der Waals surface area contributed by atoms with Crippen LogP contribution in [0, 0.1) is 11.3 Å². The van der Waals surface area contributed by atoms with Crippen molar-refractivity contribution in [1.29, 1.82) is 0 Å². The summed E-state index contributed by atoms with van der Waals surface area (Å²) in [7, 11) is 0. The van der Waals surface area contributed by atoms with E-state index < -0.39 is 18.2 Å². The molecule has 3 N–H and O–H groups in total. The maximum atomic E-state index is 10.6. The van der Waals surface area contributed by atoms with Crippen LogP contribution in [0.4, 0.5) is 0 Å². The topological polar surface area (TPSA) is 77.8 Å². The number of hydrogen-bond acceptors (Lipinski definition) is 3. The summed E-state index contributed by atoms with van der Waals surface area (Å²) in [6.07, 6.45) is 14.8. The standard InChI is InChI=1S/C23H36O4/c1-17(2)15-16-23(3,4)21(25)14-12-19-18(11-13-20(19)24)9-7-5-6-8-10-22(26)27/h5,7,11-12,14-15,19-21,24-25H,6,8-10,13,16H2,1-4H3,(H,26,27)/t19-,20-,21-/m1/s1. The second-order valence-corrected chi connectivity index (χ2v) is 8.37. The Morgan fingerprint density at radius 3 is 2.67 bits per heavy atom. The lowest BCUT2D eigenvalue weighted by Crippen LogP contribution is -2.27. The number of aliphatic hydroxyl groups is 2. The number of aliphatic carboxylic acids is 1. The Kier molecular flexibility index (Phi) is 9.75. The summed E-state index contributed by atoms with van der Waals surface area (Å²) in [5.41, 5.74) is 2.14. The van der Waals surface area contributed by atoms with Gasteiger partial charge in [-0.05, 0) is 51.4 Å². The third-order valence-corrected chi connectivity index (χ3v) is 5.08. The quantitative estimate of drug-likeness (QED) is 0.358. The van der Waals surface area contributed by atoms with Gasteiger partial charge in [0.1, 0.15) is 0 Å². The third kappa shape index (κ3) is 8.72. The van der Waals surface area contributed by atoms with Gasteiger partial charge < -0.3 is 15.3 Å². The van der Waals surface area contributed by atoms with Crippen LogP contribution in [0.15, 0.2) is 47.6 Å². The van der Waals surface area contributed by atoms with Crippen molar-refractivity contribution in [2.45, 2.75) is 78.4 Å². The SMILES string of the molecule is CC(C)=CCC(C)(C)[C@H](O)C=C[C@@H]1C(CC=CCCCC(=O)O)=CC[C@H]1O. The zero-order valence-corrected chi connectivity index (χ0v) is 17.2. The normalized spacial score (nSPS) is 21.6. The van der Waals surface area contributed by atoms with E-state index in [1.807, 2.05) is 38.2 Å². The van der Waals surface area contributed by atoms with Gasteiger partial charge in [0, 0.05) is 12.3 Å². The minimum absolute atomic E-state index is 0.0671. The number of hydrogen-bond donors (Lipinski definition) is 3. The smallest absolute Gasteiger partial charge is 0.303 e. The van der Waals surface area contributed by atoms with Gasteiger partial charge in [0.25, 0.3) is 0 Å². The fourth-order valence-corrected chi connectivity index (χ4v) is 3.05. The van der Waals surface area contributed by atoms with Crippen molar-refractivity contribution in [3.8, 4) is 0 Å². The van der Waals surface area contributed by atoms with Crippen LogP contribution in [0.25, 0.3) is 0 Å². The fraction of sp³-hybridized carbons (Fsp3) is 0.609. The highest BCUT2D eigenvalue weighted by molar-refractivity contribution is 5.66. The average Bonchev–Trinajstić information content (AvgIpc) is 2.93. The van der Waals surface area contributed by atoms with Crippen LogP contribution in [0.1, 0.15) is 66.2 Å². The molecule has 0 saturated carbocycles. The van der Waals surface area contributed by atoms with Gasteiger partial charge >= 0.3 is 5.97 Å². The molecule has 0 fully saturated rings. The second-order valence-electron chi connectivity index (χ2n) is 8.37. The van der Waals surface area contributed by atoms with Gasteiger partial charge in [-0.3, -0.25) is 4.79 Å². The predicted molar refractivity (Wildman–Crippen MR) is 110 cm³/mol. The third-order valence-electron chi connectivity index (χ3n) is 5.08. The molecule has 0 aromatic rings. The van der Waals surface area contributed by atoms with Crippen molar-refractivity contribution in [1.82, 2.24) is 0 Å². The number of aliphatic hydroxyl groups excluding tert-OH is 2. The molecule has 1 aliphatic carbocycles. The van der Waals surface area contributed by atoms with E-state index in [9.17, 15) is 15.0 Å². The molecular formula is C23H36O4. The predicted octanol–water partition coefficient (Wildman–Crippen LogP) is 4.79. The van der Waals surface area contributed by atoms with Gasteiger partial charge in [-0.1, -0.05) is 61.4 Å². The molecule has 27 heavy (non-hydrogen) atoms. The summed E-state index contributed by atoms with van der Waals surface area (Å²) in [5.74, 6) is -0.830. The number of carboxylic acid groups (broad SMARTS) is 1. The largest absolute Gasteiger partial charge is 0.481 e. The second kappa shape index (κ2) is 11.3. The molecule has 0 aromatic heterocycles. The summed E-state index contributed by atoms with van der Waals surface area (Å²) in [4.78, 5) is 10.5. The summed E-state index contributed by atoms with van der Waals surface area (Å²) in [5, 5.41) is 29.5. The molecule has 0 aromatic carbocycles. The lowest BCUT2D eigenvalue weighted by atomic mass is 9.81. The first-order valence-electron chi connectivity index (χ1n) is 9.87. The van der Waals surface area contributed by atoms with Crippen LogP contribution < -0.4 is 0 Å². The highest BCUT2D eigenvalue weighted by atomic mass is 16.4. The van der Waals surface area contributed by atoms with Crippen molar-refractivity contribution in [2.75, 3.05) is 0 Å². The Balaban J connectivity index is 2.59. The van der Waals surface area contributed by atoms with Crippen molar-refractivity contribution in [2.24, 2.45) is 11.3 Å². The lowest BCUT2D eigenvalue weighted by molar-refractivity contribution is -0.137. The first kappa shape index (κ1) is 23.4. The Bertz CT molecular complexity index is 591. The average molecular weight is 377 g/mol. The molecule has 0 radical (unpaired) electrons. The van der Waals surface area contributed by atoms with E-state index in [0.29, 0.717) is 12.8 Å². The zero-order valence-electron chi connectivity index (χ0n) is 17.2. The van der Waals surface area contributed by atoms with E-state index in [2.05, 4.69) is 26.0 Å². The molecule has 3 atom stereocenters. The molecule has 0 amide bonds. The van der Waals surface area contributed by atoms with Crippen LogP contribution in [0.3, 0.4) is 0 Å². The maximum absolute atomic E-state index is 10.6. The first-order chi connectivity index (χ1) is 12.6. The van der Waals surface area contributed by atoms with Crippen LogP contribution in [-0.2, 0) is 4.79 Å². The van der Waals surface area contributed by atoms with E-state index in [4.69, 9.17) is 5.11 Å².